The molecular weight excluding hydrogens is 236 g/mol. The van der Waals surface area contributed by atoms with Crippen LogP contribution in [-0.4, -0.2) is 15.8 Å². The van der Waals surface area contributed by atoms with Gasteiger partial charge in [-0.15, -0.1) is 0 Å². The molecule has 3 heteroatoms. The number of benzene rings is 1. The summed E-state index contributed by atoms with van der Waals surface area (Å²) in [5.41, 5.74) is 5.52. The minimum absolute atomic E-state index is 0.574. The van der Waals surface area contributed by atoms with Crippen LogP contribution in [0.5, 0.6) is 0 Å². The second kappa shape index (κ2) is 5.39. The number of carbonyl (C=O) groups excluding carboxylic acids is 1. The van der Waals surface area contributed by atoms with Gasteiger partial charge in [-0.3, -0.25) is 4.79 Å². The van der Waals surface area contributed by atoms with E-state index in [0.29, 0.717) is 5.69 Å². The molecule has 2 aromatic rings. The molecule has 19 heavy (non-hydrogen) atoms. The zero-order valence-corrected chi connectivity index (χ0v) is 12.0. The van der Waals surface area contributed by atoms with Crippen molar-refractivity contribution in [2.24, 2.45) is 7.05 Å². The van der Waals surface area contributed by atoms with E-state index in [1.165, 1.54) is 16.7 Å². The molecule has 0 radical (unpaired) electrons. The van der Waals surface area contributed by atoms with Gasteiger partial charge < -0.3 is 4.57 Å². The summed E-state index contributed by atoms with van der Waals surface area (Å²) in [6.45, 7) is 6.16. The Balaban J connectivity index is 2.23. The largest absolute Gasteiger partial charge is 0.335 e. The third-order valence-corrected chi connectivity index (χ3v) is 3.72. The van der Waals surface area contributed by atoms with Crippen LogP contribution in [0.2, 0.25) is 0 Å². The summed E-state index contributed by atoms with van der Waals surface area (Å²) < 4.78 is 2.01. The Kier molecular flexibility index (Phi) is 3.84. The summed E-state index contributed by atoms with van der Waals surface area (Å²) in [6.07, 6.45) is 2.63. The van der Waals surface area contributed by atoms with Crippen LogP contribution in [0.1, 0.15) is 38.7 Å². The lowest BCUT2D eigenvalue weighted by molar-refractivity contribution is 0.111. The van der Waals surface area contributed by atoms with Gasteiger partial charge in [0, 0.05) is 12.7 Å². The highest BCUT2D eigenvalue weighted by Crippen LogP contribution is 2.16. The summed E-state index contributed by atoms with van der Waals surface area (Å²) >= 11 is 0. The molecule has 0 spiro atoms. The Morgan fingerprint density at radius 3 is 2.63 bits per heavy atom. The number of rotatable bonds is 4. The molecular formula is C16H20N2O. The first-order valence-electron chi connectivity index (χ1n) is 6.56. The van der Waals surface area contributed by atoms with Gasteiger partial charge >= 0.3 is 0 Å². The maximum absolute atomic E-state index is 11.0. The van der Waals surface area contributed by atoms with Crippen molar-refractivity contribution in [3.05, 3.63) is 52.1 Å². The molecule has 0 fully saturated rings. The van der Waals surface area contributed by atoms with Crippen LogP contribution in [-0.2, 0) is 19.9 Å². The highest BCUT2D eigenvalue weighted by Gasteiger charge is 2.11. The lowest BCUT2D eigenvalue weighted by Crippen LogP contribution is -2.03. The van der Waals surface area contributed by atoms with Crippen LogP contribution in [0, 0.1) is 20.8 Å². The molecule has 2 rings (SSSR count). The predicted molar refractivity (Wildman–Crippen MR) is 76.7 cm³/mol. The van der Waals surface area contributed by atoms with E-state index in [4.69, 9.17) is 0 Å². The van der Waals surface area contributed by atoms with Gasteiger partial charge in [0.25, 0.3) is 0 Å². The molecule has 0 atom stereocenters. The van der Waals surface area contributed by atoms with E-state index in [0.717, 1.165) is 30.6 Å². The lowest BCUT2D eigenvalue weighted by Gasteiger charge is -2.08. The zero-order chi connectivity index (χ0) is 14.0. The number of aromatic nitrogens is 2. The SMILES string of the molecule is Cc1ccc(C)c(CCc2c(C=O)nc(C)n2C)c1. The van der Waals surface area contributed by atoms with Gasteiger partial charge in [0.1, 0.15) is 11.5 Å². The Bertz CT molecular complexity index is 611. The van der Waals surface area contributed by atoms with E-state index in [9.17, 15) is 4.79 Å². The van der Waals surface area contributed by atoms with Crippen LogP contribution in [0.4, 0.5) is 0 Å². The summed E-state index contributed by atoms with van der Waals surface area (Å²) in [7, 11) is 1.97. The van der Waals surface area contributed by atoms with E-state index in [1.807, 2.05) is 18.5 Å². The molecule has 1 heterocycles. The Labute approximate surface area is 114 Å². The first-order valence-corrected chi connectivity index (χ1v) is 6.56. The number of aryl methyl sites for hydroxylation is 4. The van der Waals surface area contributed by atoms with Crippen molar-refractivity contribution in [1.29, 1.82) is 0 Å². The predicted octanol–water partition coefficient (Wildman–Crippen LogP) is 2.94. The first-order chi connectivity index (χ1) is 9.02. The fourth-order valence-electron chi connectivity index (χ4n) is 2.39. The molecule has 0 aliphatic carbocycles. The molecule has 0 saturated heterocycles. The summed E-state index contributed by atoms with van der Waals surface area (Å²) in [6, 6.07) is 6.50. The fraction of sp³-hybridized carbons (Fsp3) is 0.375. The zero-order valence-electron chi connectivity index (χ0n) is 12.0. The first kappa shape index (κ1) is 13.5. The van der Waals surface area contributed by atoms with Crippen molar-refractivity contribution in [3.63, 3.8) is 0 Å². The standard InChI is InChI=1S/C16H20N2O/c1-11-5-6-12(2)14(9-11)7-8-16-15(10-19)17-13(3)18(16)4/h5-6,9-10H,7-8H2,1-4H3. The number of imidazole rings is 1. The van der Waals surface area contributed by atoms with Crippen molar-refractivity contribution in [1.82, 2.24) is 9.55 Å². The van der Waals surface area contributed by atoms with Crippen LogP contribution in [0.3, 0.4) is 0 Å². The van der Waals surface area contributed by atoms with Crippen LogP contribution >= 0.6 is 0 Å². The van der Waals surface area contributed by atoms with Gasteiger partial charge in [-0.1, -0.05) is 23.8 Å². The van der Waals surface area contributed by atoms with Gasteiger partial charge in [-0.05, 0) is 44.7 Å². The number of aldehydes is 1. The van der Waals surface area contributed by atoms with Crippen molar-refractivity contribution in [3.8, 4) is 0 Å². The normalized spacial score (nSPS) is 10.7. The van der Waals surface area contributed by atoms with Crippen molar-refractivity contribution in [2.45, 2.75) is 33.6 Å². The second-order valence-corrected chi connectivity index (χ2v) is 5.10. The van der Waals surface area contributed by atoms with Gasteiger partial charge in [-0.25, -0.2) is 4.98 Å². The fourth-order valence-corrected chi connectivity index (χ4v) is 2.39. The summed E-state index contributed by atoms with van der Waals surface area (Å²) in [5, 5.41) is 0. The van der Waals surface area contributed by atoms with E-state index >= 15 is 0 Å². The number of hydrogen-bond donors (Lipinski definition) is 0. The van der Waals surface area contributed by atoms with Crippen molar-refractivity contribution in [2.75, 3.05) is 0 Å². The molecule has 0 amide bonds. The summed E-state index contributed by atoms with van der Waals surface area (Å²) in [5.74, 6) is 0.887. The molecule has 0 unspecified atom stereocenters. The van der Waals surface area contributed by atoms with Crippen LogP contribution in [0.15, 0.2) is 18.2 Å². The topological polar surface area (TPSA) is 34.9 Å². The lowest BCUT2D eigenvalue weighted by atomic mass is 10.00. The highest BCUT2D eigenvalue weighted by atomic mass is 16.1. The monoisotopic (exact) mass is 256 g/mol. The van der Waals surface area contributed by atoms with E-state index in [2.05, 4.69) is 37.0 Å². The summed E-state index contributed by atoms with van der Waals surface area (Å²) in [4.78, 5) is 15.3. The smallest absolute Gasteiger partial charge is 0.170 e. The molecule has 0 N–H and O–H groups in total. The van der Waals surface area contributed by atoms with Crippen molar-refractivity contribution >= 4 is 6.29 Å². The number of hydrogen-bond acceptors (Lipinski definition) is 2. The Morgan fingerprint density at radius 1 is 1.21 bits per heavy atom. The third kappa shape index (κ3) is 2.75. The van der Waals surface area contributed by atoms with Crippen molar-refractivity contribution < 1.29 is 4.79 Å². The number of carbonyl (C=O) groups is 1. The maximum atomic E-state index is 11.0. The second-order valence-electron chi connectivity index (χ2n) is 5.10. The van der Waals surface area contributed by atoms with E-state index in [1.54, 1.807) is 0 Å². The number of nitrogens with zero attached hydrogens (tertiary/aromatic N) is 2. The van der Waals surface area contributed by atoms with E-state index < -0.39 is 0 Å². The minimum atomic E-state index is 0.574. The molecule has 0 aliphatic rings. The molecule has 100 valence electrons. The average Bonchev–Trinajstić information content (AvgIpc) is 2.66. The Hall–Kier alpha value is -1.90. The molecule has 0 bridgehead atoms. The quantitative estimate of drug-likeness (QED) is 0.788. The Morgan fingerprint density at radius 2 is 1.95 bits per heavy atom. The third-order valence-electron chi connectivity index (χ3n) is 3.72. The van der Waals surface area contributed by atoms with Gasteiger partial charge in [0.2, 0.25) is 0 Å². The van der Waals surface area contributed by atoms with Crippen LogP contribution < -0.4 is 0 Å². The van der Waals surface area contributed by atoms with Gasteiger partial charge in [-0.2, -0.15) is 0 Å². The minimum Gasteiger partial charge on any atom is -0.335 e. The maximum Gasteiger partial charge on any atom is 0.170 e. The molecule has 0 saturated carbocycles. The molecule has 1 aromatic carbocycles. The highest BCUT2D eigenvalue weighted by molar-refractivity contribution is 5.73. The van der Waals surface area contributed by atoms with Gasteiger partial charge in [0.05, 0.1) is 0 Å². The van der Waals surface area contributed by atoms with Gasteiger partial charge in [0.15, 0.2) is 6.29 Å². The van der Waals surface area contributed by atoms with Crippen LogP contribution in [0.25, 0.3) is 0 Å². The van der Waals surface area contributed by atoms with E-state index in [-0.39, 0.29) is 0 Å². The molecule has 3 nitrogen and oxygen atoms in total. The molecule has 0 aliphatic heterocycles. The average molecular weight is 256 g/mol. The molecule has 1 aromatic heterocycles.